The van der Waals surface area contributed by atoms with Gasteiger partial charge in [-0.3, -0.25) is 0 Å². The Morgan fingerprint density at radius 2 is 2.20 bits per heavy atom. The zero-order valence-electron chi connectivity index (χ0n) is 11.2. The summed E-state index contributed by atoms with van der Waals surface area (Å²) in [7, 11) is 0. The summed E-state index contributed by atoms with van der Waals surface area (Å²) in [5, 5.41) is 8.02. The number of hydrogen-bond acceptors (Lipinski definition) is 5. The molecule has 3 rings (SSSR count). The molecule has 1 aromatic carbocycles. The van der Waals surface area contributed by atoms with Gasteiger partial charge in [0.2, 0.25) is 11.7 Å². The molecule has 5 nitrogen and oxygen atoms in total. The molecule has 0 spiro atoms. The van der Waals surface area contributed by atoms with Gasteiger partial charge in [-0.1, -0.05) is 35.8 Å². The van der Waals surface area contributed by atoms with Crippen molar-refractivity contribution < 1.29 is 9.26 Å². The van der Waals surface area contributed by atoms with Crippen molar-refractivity contribution in [3.8, 4) is 11.4 Å². The van der Waals surface area contributed by atoms with Gasteiger partial charge < -0.3 is 14.6 Å². The van der Waals surface area contributed by atoms with Gasteiger partial charge in [0.25, 0.3) is 0 Å². The van der Waals surface area contributed by atoms with Gasteiger partial charge in [-0.15, -0.1) is 0 Å². The third-order valence-corrected chi connectivity index (χ3v) is 3.75. The zero-order valence-corrected chi connectivity index (χ0v) is 11.9. The van der Waals surface area contributed by atoms with Gasteiger partial charge in [-0.05, 0) is 18.7 Å². The van der Waals surface area contributed by atoms with Gasteiger partial charge in [0.1, 0.15) is 0 Å². The van der Waals surface area contributed by atoms with Gasteiger partial charge >= 0.3 is 0 Å². The summed E-state index contributed by atoms with van der Waals surface area (Å²) < 4.78 is 10.9. The van der Waals surface area contributed by atoms with E-state index in [9.17, 15) is 0 Å². The van der Waals surface area contributed by atoms with Crippen LogP contribution in [0.1, 0.15) is 18.7 Å². The van der Waals surface area contributed by atoms with Crippen molar-refractivity contribution in [3.05, 3.63) is 35.2 Å². The zero-order chi connectivity index (χ0) is 13.9. The Bertz CT molecular complexity index is 587. The summed E-state index contributed by atoms with van der Waals surface area (Å²) in [5.41, 5.74) is 0.781. The lowest BCUT2D eigenvalue weighted by molar-refractivity contribution is 0.185. The van der Waals surface area contributed by atoms with E-state index in [0.29, 0.717) is 30.0 Å². The molecule has 2 heterocycles. The molecule has 1 aliphatic heterocycles. The topological polar surface area (TPSA) is 60.2 Å². The minimum atomic E-state index is 0.0960. The highest BCUT2D eigenvalue weighted by atomic mass is 35.5. The summed E-state index contributed by atoms with van der Waals surface area (Å²) in [6.07, 6.45) is 0. The third-order valence-electron chi connectivity index (χ3n) is 3.42. The van der Waals surface area contributed by atoms with E-state index in [1.54, 1.807) is 0 Å². The largest absolute Gasteiger partial charge is 0.379 e. The fourth-order valence-electron chi connectivity index (χ4n) is 2.40. The molecule has 106 valence electrons. The molecule has 1 aromatic heterocycles. The van der Waals surface area contributed by atoms with E-state index in [0.717, 1.165) is 12.1 Å². The molecule has 6 heteroatoms. The fraction of sp³-hybridized carbons (Fsp3) is 0.429. The Kier molecular flexibility index (Phi) is 4.00. The molecule has 1 aliphatic rings. The van der Waals surface area contributed by atoms with Crippen LogP contribution in [0.15, 0.2) is 28.8 Å². The minimum absolute atomic E-state index is 0.0960. The number of nitrogens with one attached hydrogen (secondary N) is 1. The summed E-state index contributed by atoms with van der Waals surface area (Å²) in [6.45, 7) is 4.22. The van der Waals surface area contributed by atoms with E-state index in [4.69, 9.17) is 20.9 Å². The van der Waals surface area contributed by atoms with Crippen LogP contribution in [0.5, 0.6) is 0 Å². The quantitative estimate of drug-likeness (QED) is 0.938. The normalized spacial score (nSPS) is 22.3. The van der Waals surface area contributed by atoms with E-state index in [1.165, 1.54) is 0 Å². The van der Waals surface area contributed by atoms with E-state index in [2.05, 4.69) is 22.4 Å². The van der Waals surface area contributed by atoms with Crippen LogP contribution >= 0.6 is 11.6 Å². The molecule has 0 aliphatic carbocycles. The highest BCUT2D eigenvalue weighted by molar-refractivity contribution is 6.33. The van der Waals surface area contributed by atoms with Crippen molar-refractivity contribution >= 4 is 11.6 Å². The molecular weight excluding hydrogens is 278 g/mol. The Morgan fingerprint density at radius 1 is 1.35 bits per heavy atom. The second-order valence-corrected chi connectivity index (χ2v) is 5.15. The summed E-state index contributed by atoms with van der Waals surface area (Å²) >= 11 is 6.15. The predicted octanol–water partition coefficient (Wildman–Crippen LogP) is 2.48. The van der Waals surface area contributed by atoms with Crippen molar-refractivity contribution in [2.24, 2.45) is 0 Å². The number of halogens is 1. The third kappa shape index (κ3) is 2.57. The first-order valence-corrected chi connectivity index (χ1v) is 7.07. The van der Waals surface area contributed by atoms with Gasteiger partial charge in [-0.25, -0.2) is 0 Å². The van der Waals surface area contributed by atoms with E-state index >= 15 is 0 Å². The van der Waals surface area contributed by atoms with Crippen molar-refractivity contribution in [1.29, 1.82) is 0 Å². The maximum absolute atomic E-state index is 6.15. The number of benzene rings is 1. The summed E-state index contributed by atoms with van der Waals surface area (Å²) in [5.74, 6) is 1.22. The second kappa shape index (κ2) is 5.91. The highest BCUT2D eigenvalue weighted by Gasteiger charge is 2.33. The van der Waals surface area contributed by atoms with E-state index in [-0.39, 0.29) is 12.0 Å². The van der Waals surface area contributed by atoms with Crippen molar-refractivity contribution in [1.82, 2.24) is 15.5 Å². The number of likely N-dealkylation sites (N-methyl/N-ethyl adjacent to an activating group) is 1. The smallest absolute Gasteiger partial charge is 0.234 e. The van der Waals surface area contributed by atoms with E-state index < -0.39 is 0 Å². The van der Waals surface area contributed by atoms with E-state index in [1.807, 2.05) is 24.3 Å². The molecular formula is C14H16ClN3O2. The molecule has 0 radical (unpaired) electrons. The molecule has 20 heavy (non-hydrogen) atoms. The average molecular weight is 294 g/mol. The molecule has 2 atom stereocenters. The van der Waals surface area contributed by atoms with Crippen LogP contribution in [0.25, 0.3) is 11.4 Å². The molecule has 2 aromatic rings. The van der Waals surface area contributed by atoms with Crippen LogP contribution in [0, 0.1) is 0 Å². The lowest BCUT2D eigenvalue weighted by Crippen LogP contribution is -2.34. The lowest BCUT2D eigenvalue weighted by Gasteiger charge is -2.13. The second-order valence-electron chi connectivity index (χ2n) is 4.74. The highest BCUT2D eigenvalue weighted by Crippen LogP contribution is 2.29. The van der Waals surface area contributed by atoms with Gasteiger partial charge in [-0.2, -0.15) is 4.98 Å². The van der Waals surface area contributed by atoms with Crippen LogP contribution in [-0.2, 0) is 4.74 Å². The number of rotatable bonds is 4. The fourth-order valence-corrected chi connectivity index (χ4v) is 2.62. The van der Waals surface area contributed by atoms with Crippen LogP contribution in [-0.4, -0.2) is 35.9 Å². The SMILES string of the molecule is CCNC1COCC1c1nc(-c2ccccc2Cl)no1. The van der Waals surface area contributed by atoms with Gasteiger partial charge in [0.15, 0.2) is 0 Å². The first-order chi connectivity index (χ1) is 9.79. The van der Waals surface area contributed by atoms with Crippen molar-refractivity contribution in [2.45, 2.75) is 18.9 Å². The Balaban J connectivity index is 1.85. The minimum Gasteiger partial charge on any atom is -0.379 e. The van der Waals surface area contributed by atoms with Crippen LogP contribution in [0.2, 0.25) is 5.02 Å². The number of nitrogens with zero attached hydrogens (tertiary/aromatic N) is 2. The molecule has 0 bridgehead atoms. The average Bonchev–Trinajstić information content (AvgIpc) is 3.08. The van der Waals surface area contributed by atoms with Crippen LogP contribution < -0.4 is 5.32 Å². The lowest BCUT2D eigenvalue weighted by atomic mass is 10.0. The number of aromatic nitrogens is 2. The van der Waals surface area contributed by atoms with Crippen LogP contribution in [0.3, 0.4) is 0 Å². The van der Waals surface area contributed by atoms with Crippen molar-refractivity contribution in [3.63, 3.8) is 0 Å². The Labute approximate surface area is 122 Å². The predicted molar refractivity (Wildman–Crippen MR) is 75.8 cm³/mol. The molecule has 1 saturated heterocycles. The Morgan fingerprint density at radius 3 is 3.00 bits per heavy atom. The molecule has 0 amide bonds. The maximum Gasteiger partial charge on any atom is 0.234 e. The first kappa shape index (κ1) is 13.5. The van der Waals surface area contributed by atoms with Crippen LogP contribution in [0.4, 0.5) is 0 Å². The summed E-state index contributed by atoms with van der Waals surface area (Å²) in [4.78, 5) is 4.47. The van der Waals surface area contributed by atoms with Crippen molar-refractivity contribution in [2.75, 3.05) is 19.8 Å². The molecule has 1 fully saturated rings. The first-order valence-electron chi connectivity index (χ1n) is 6.69. The molecule has 2 unspecified atom stereocenters. The Hall–Kier alpha value is -1.43. The molecule has 0 saturated carbocycles. The monoisotopic (exact) mass is 293 g/mol. The standard InChI is InChI=1S/C14H16ClN3O2/c1-2-16-12-8-19-7-10(12)14-17-13(18-20-14)9-5-3-4-6-11(9)15/h3-6,10,12,16H,2,7-8H2,1H3. The van der Waals surface area contributed by atoms with Gasteiger partial charge in [0, 0.05) is 11.6 Å². The van der Waals surface area contributed by atoms with Gasteiger partial charge in [0.05, 0.1) is 24.2 Å². The number of ether oxygens (including phenoxy) is 1. The molecule has 1 N–H and O–H groups in total. The number of hydrogen-bond donors (Lipinski definition) is 1. The summed E-state index contributed by atoms with van der Waals surface area (Å²) in [6, 6.07) is 7.69. The maximum atomic E-state index is 6.15.